The molecule has 0 aliphatic heterocycles. The van der Waals surface area contributed by atoms with Gasteiger partial charge in [0, 0.05) is 22.6 Å². The Hall–Kier alpha value is -5.02. The van der Waals surface area contributed by atoms with E-state index >= 15 is 0 Å². The third-order valence-electron chi connectivity index (χ3n) is 5.40. The maximum absolute atomic E-state index is 13.0. The van der Waals surface area contributed by atoms with E-state index in [-0.39, 0.29) is 22.1 Å². The highest BCUT2D eigenvalue weighted by atomic mass is 32.1. The number of ether oxygens (including phenoxy) is 1. The standard InChI is InChI=1S/C29H24N4O4S/c1-37-28(36)20-9-7-8-19(18-20)26(34)33-29(38)32-25-13-6-5-12-24(25)27(35)31-23-16-14-22(15-17-23)30-21-10-3-2-4-11-21/h2-18,30H,1H3,(H,31,35)(H2,32,33,34,38). The van der Waals surface area contributed by atoms with E-state index in [0.29, 0.717) is 16.9 Å². The molecular weight excluding hydrogens is 500 g/mol. The first-order chi connectivity index (χ1) is 18.4. The summed E-state index contributed by atoms with van der Waals surface area (Å²) in [6, 6.07) is 30.0. The molecule has 190 valence electrons. The molecule has 9 heteroatoms. The first-order valence-corrected chi connectivity index (χ1v) is 12.0. The number of thiocarbonyl (C=S) groups is 1. The number of carbonyl (C=O) groups is 3. The number of anilines is 4. The summed E-state index contributed by atoms with van der Waals surface area (Å²) in [6.45, 7) is 0. The van der Waals surface area contributed by atoms with Crippen LogP contribution in [-0.2, 0) is 4.74 Å². The van der Waals surface area contributed by atoms with Crippen molar-refractivity contribution in [3.63, 3.8) is 0 Å². The normalized spacial score (nSPS) is 10.1. The summed E-state index contributed by atoms with van der Waals surface area (Å²) in [5, 5.41) is 11.6. The fourth-order valence-corrected chi connectivity index (χ4v) is 3.75. The Bertz CT molecular complexity index is 1470. The van der Waals surface area contributed by atoms with Crippen molar-refractivity contribution in [3.05, 3.63) is 120 Å². The molecule has 4 N–H and O–H groups in total. The Morgan fingerprint density at radius 1 is 0.658 bits per heavy atom. The van der Waals surface area contributed by atoms with Gasteiger partial charge >= 0.3 is 5.97 Å². The first-order valence-electron chi connectivity index (χ1n) is 11.6. The summed E-state index contributed by atoms with van der Waals surface area (Å²) in [6.07, 6.45) is 0. The molecule has 0 heterocycles. The van der Waals surface area contributed by atoms with Crippen LogP contribution in [-0.4, -0.2) is 30.0 Å². The lowest BCUT2D eigenvalue weighted by molar-refractivity contribution is 0.0600. The van der Waals surface area contributed by atoms with Crippen molar-refractivity contribution >= 4 is 57.9 Å². The Labute approximate surface area is 225 Å². The van der Waals surface area contributed by atoms with Gasteiger partial charge in [-0.15, -0.1) is 0 Å². The topological polar surface area (TPSA) is 109 Å². The molecule has 2 amide bonds. The minimum atomic E-state index is -0.553. The van der Waals surface area contributed by atoms with E-state index in [9.17, 15) is 14.4 Å². The van der Waals surface area contributed by atoms with Crippen LogP contribution in [0.25, 0.3) is 0 Å². The van der Waals surface area contributed by atoms with Crippen LogP contribution in [0.1, 0.15) is 31.1 Å². The van der Waals surface area contributed by atoms with E-state index < -0.39 is 11.9 Å². The minimum absolute atomic E-state index is 0.00457. The molecule has 4 rings (SSSR count). The highest BCUT2D eigenvalue weighted by molar-refractivity contribution is 7.80. The molecule has 0 saturated heterocycles. The number of nitrogens with one attached hydrogen (secondary N) is 4. The lowest BCUT2D eigenvalue weighted by Gasteiger charge is -2.14. The van der Waals surface area contributed by atoms with E-state index in [1.54, 1.807) is 54.6 Å². The smallest absolute Gasteiger partial charge is 0.337 e. The van der Waals surface area contributed by atoms with Gasteiger partial charge in [0.2, 0.25) is 0 Å². The average Bonchev–Trinajstić information content (AvgIpc) is 2.94. The second-order valence-electron chi connectivity index (χ2n) is 8.05. The van der Waals surface area contributed by atoms with Gasteiger partial charge < -0.3 is 20.7 Å². The molecular formula is C29H24N4O4S. The summed E-state index contributed by atoms with van der Waals surface area (Å²) in [4.78, 5) is 37.4. The Morgan fingerprint density at radius 3 is 2.03 bits per heavy atom. The van der Waals surface area contributed by atoms with Gasteiger partial charge in [0.05, 0.1) is 23.9 Å². The third kappa shape index (κ3) is 6.80. The predicted molar refractivity (Wildman–Crippen MR) is 152 cm³/mol. The van der Waals surface area contributed by atoms with Crippen LogP contribution < -0.4 is 21.3 Å². The van der Waals surface area contributed by atoms with Crippen LogP contribution in [0.2, 0.25) is 0 Å². The van der Waals surface area contributed by atoms with Gasteiger partial charge in [-0.05, 0) is 78.9 Å². The maximum atomic E-state index is 13.0. The molecule has 4 aromatic rings. The fraction of sp³-hybridized carbons (Fsp3) is 0.0345. The number of methoxy groups -OCH3 is 1. The second kappa shape index (κ2) is 12.3. The fourth-order valence-electron chi connectivity index (χ4n) is 3.55. The Balaban J connectivity index is 1.39. The summed E-state index contributed by atoms with van der Waals surface area (Å²) < 4.78 is 4.69. The number of rotatable bonds is 7. The van der Waals surface area contributed by atoms with Gasteiger partial charge in [-0.3, -0.25) is 14.9 Å². The van der Waals surface area contributed by atoms with E-state index in [0.717, 1.165) is 11.4 Å². The molecule has 0 radical (unpaired) electrons. The van der Waals surface area contributed by atoms with Crippen LogP contribution in [0.3, 0.4) is 0 Å². The van der Waals surface area contributed by atoms with Gasteiger partial charge in [0.15, 0.2) is 5.11 Å². The lowest BCUT2D eigenvalue weighted by atomic mass is 10.1. The summed E-state index contributed by atoms with van der Waals surface area (Å²) in [5.41, 5.74) is 3.69. The number of hydrogen-bond donors (Lipinski definition) is 4. The Kier molecular flexibility index (Phi) is 8.42. The molecule has 8 nitrogen and oxygen atoms in total. The average molecular weight is 525 g/mol. The van der Waals surface area contributed by atoms with Crippen molar-refractivity contribution in [2.24, 2.45) is 0 Å². The summed E-state index contributed by atoms with van der Waals surface area (Å²) >= 11 is 5.29. The molecule has 0 saturated carbocycles. The second-order valence-corrected chi connectivity index (χ2v) is 8.46. The van der Waals surface area contributed by atoms with Crippen molar-refractivity contribution in [3.8, 4) is 0 Å². The summed E-state index contributed by atoms with van der Waals surface area (Å²) in [5.74, 6) is -1.42. The van der Waals surface area contributed by atoms with Crippen molar-refractivity contribution in [2.75, 3.05) is 23.1 Å². The molecule has 0 aliphatic rings. The zero-order valence-corrected chi connectivity index (χ0v) is 21.2. The SMILES string of the molecule is COC(=O)c1cccc(C(=O)NC(=S)Nc2ccccc2C(=O)Nc2ccc(Nc3ccccc3)cc2)c1. The van der Waals surface area contributed by atoms with Crippen LogP contribution in [0.15, 0.2) is 103 Å². The quantitative estimate of drug-likeness (QED) is 0.184. The summed E-state index contributed by atoms with van der Waals surface area (Å²) in [7, 11) is 1.26. The molecule has 0 aliphatic carbocycles. The predicted octanol–water partition coefficient (Wildman–Crippen LogP) is 5.60. The molecule has 0 unspecified atom stereocenters. The van der Waals surface area contributed by atoms with Gasteiger partial charge in [0.25, 0.3) is 11.8 Å². The van der Waals surface area contributed by atoms with Crippen molar-refractivity contribution < 1.29 is 19.1 Å². The number of amides is 2. The van der Waals surface area contributed by atoms with Gasteiger partial charge in [-0.25, -0.2) is 4.79 Å². The third-order valence-corrected chi connectivity index (χ3v) is 5.60. The van der Waals surface area contributed by atoms with Crippen molar-refractivity contribution in [1.82, 2.24) is 5.32 Å². The lowest BCUT2D eigenvalue weighted by Crippen LogP contribution is -2.34. The Morgan fingerprint density at radius 2 is 1.29 bits per heavy atom. The molecule has 38 heavy (non-hydrogen) atoms. The monoisotopic (exact) mass is 524 g/mol. The van der Waals surface area contributed by atoms with Gasteiger partial charge in [-0.1, -0.05) is 36.4 Å². The maximum Gasteiger partial charge on any atom is 0.337 e. The zero-order valence-electron chi connectivity index (χ0n) is 20.4. The largest absolute Gasteiger partial charge is 0.465 e. The van der Waals surface area contributed by atoms with Gasteiger partial charge in [0.1, 0.15) is 0 Å². The van der Waals surface area contributed by atoms with Gasteiger partial charge in [-0.2, -0.15) is 0 Å². The molecule has 0 bridgehead atoms. The minimum Gasteiger partial charge on any atom is -0.465 e. The number of esters is 1. The number of hydrogen-bond acceptors (Lipinski definition) is 6. The van der Waals surface area contributed by atoms with Crippen LogP contribution in [0, 0.1) is 0 Å². The van der Waals surface area contributed by atoms with Crippen LogP contribution in [0.4, 0.5) is 22.7 Å². The van der Waals surface area contributed by atoms with Crippen LogP contribution >= 0.6 is 12.2 Å². The number of benzene rings is 4. The van der Waals surface area contributed by atoms with Crippen molar-refractivity contribution in [2.45, 2.75) is 0 Å². The van der Waals surface area contributed by atoms with E-state index in [2.05, 4.69) is 26.0 Å². The number of para-hydroxylation sites is 2. The van der Waals surface area contributed by atoms with Crippen LogP contribution in [0.5, 0.6) is 0 Å². The zero-order chi connectivity index (χ0) is 26.9. The molecule has 0 spiro atoms. The highest BCUT2D eigenvalue weighted by Crippen LogP contribution is 2.21. The first kappa shape index (κ1) is 26.1. The van der Waals surface area contributed by atoms with E-state index in [1.165, 1.54) is 13.2 Å². The van der Waals surface area contributed by atoms with E-state index in [4.69, 9.17) is 12.2 Å². The highest BCUT2D eigenvalue weighted by Gasteiger charge is 2.15. The van der Waals surface area contributed by atoms with E-state index in [1.807, 2.05) is 42.5 Å². The number of carbonyl (C=O) groups excluding carboxylic acids is 3. The molecule has 0 atom stereocenters. The molecule has 0 aromatic heterocycles. The molecule has 0 fully saturated rings. The van der Waals surface area contributed by atoms with Crippen molar-refractivity contribution in [1.29, 1.82) is 0 Å². The molecule has 4 aromatic carbocycles.